The van der Waals surface area contributed by atoms with Crippen molar-refractivity contribution < 1.29 is 4.74 Å². The fraction of sp³-hybridized carbons (Fsp3) is 0.583. The van der Waals surface area contributed by atoms with E-state index in [1.54, 1.807) is 7.11 Å². The van der Waals surface area contributed by atoms with E-state index in [4.69, 9.17) is 4.74 Å². The summed E-state index contributed by atoms with van der Waals surface area (Å²) >= 11 is 0. The fourth-order valence-corrected chi connectivity index (χ4v) is 1.52. The number of nitrogens with one attached hydrogen (secondary N) is 1. The van der Waals surface area contributed by atoms with Crippen LogP contribution >= 0.6 is 0 Å². The van der Waals surface area contributed by atoms with Gasteiger partial charge in [-0.1, -0.05) is 13.8 Å². The molecule has 0 radical (unpaired) electrons. The van der Waals surface area contributed by atoms with Crippen molar-refractivity contribution in [3.63, 3.8) is 0 Å². The van der Waals surface area contributed by atoms with Crippen molar-refractivity contribution in [2.75, 3.05) is 12.4 Å². The van der Waals surface area contributed by atoms with Crippen LogP contribution in [0.1, 0.15) is 32.4 Å². The molecule has 0 amide bonds. The smallest absolute Gasteiger partial charge is 0.213 e. The quantitative estimate of drug-likeness (QED) is 0.807. The van der Waals surface area contributed by atoms with Crippen molar-refractivity contribution in [1.82, 2.24) is 4.98 Å². The Morgan fingerprint density at radius 2 is 2.00 bits per heavy atom. The third-order valence-corrected chi connectivity index (χ3v) is 2.61. The summed E-state index contributed by atoms with van der Waals surface area (Å²) in [6.45, 7) is 6.37. The summed E-state index contributed by atoms with van der Waals surface area (Å²) < 4.78 is 5.07. The van der Waals surface area contributed by atoms with Gasteiger partial charge >= 0.3 is 0 Å². The number of methoxy groups -OCH3 is 1. The van der Waals surface area contributed by atoms with Gasteiger partial charge in [-0.15, -0.1) is 0 Å². The van der Waals surface area contributed by atoms with Crippen LogP contribution in [0.5, 0.6) is 5.88 Å². The zero-order valence-corrected chi connectivity index (χ0v) is 10.0. The summed E-state index contributed by atoms with van der Waals surface area (Å²) in [5.41, 5.74) is 2.09. The number of hydrogen-bond acceptors (Lipinski definition) is 3. The van der Waals surface area contributed by atoms with Gasteiger partial charge in [0.15, 0.2) is 0 Å². The van der Waals surface area contributed by atoms with Gasteiger partial charge in [0.25, 0.3) is 0 Å². The first-order valence-electron chi connectivity index (χ1n) is 5.49. The largest absolute Gasteiger partial charge is 0.481 e. The number of aryl methyl sites for hydroxylation is 1. The first-order chi connectivity index (χ1) is 7.21. The molecule has 0 spiro atoms. The Balaban J connectivity index is 2.77. The first-order valence-corrected chi connectivity index (χ1v) is 5.49. The maximum absolute atomic E-state index is 5.07. The maximum Gasteiger partial charge on any atom is 0.213 e. The van der Waals surface area contributed by atoms with Crippen LogP contribution in [0.15, 0.2) is 12.1 Å². The average molecular weight is 208 g/mol. The monoisotopic (exact) mass is 208 g/mol. The molecule has 0 aliphatic carbocycles. The number of aromatic nitrogens is 1. The number of pyridine rings is 1. The van der Waals surface area contributed by atoms with Gasteiger partial charge in [0.2, 0.25) is 5.88 Å². The molecular formula is C12H20N2O. The van der Waals surface area contributed by atoms with Crippen LogP contribution < -0.4 is 10.1 Å². The summed E-state index contributed by atoms with van der Waals surface area (Å²) in [7, 11) is 1.63. The summed E-state index contributed by atoms with van der Waals surface area (Å²) in [6.07, 6.45) is 2.25. The molecule has 1 N–H and O–H groups in total. The van der Waals surface area contributed by atoms with Gasteiger partial charge in [0.1, 0.15) is 0 Å². The lowest BCUT2D eigenvalue weighted by Crippen LogP contribution is -2.17. The molecule has 3 nitrogen and oxygen atoms in total. The second kappa shape index (κ2) is 5.59. The lowest BCUT2D eigenvalue weighted by atomic mass is 10.1. The molecule has 1 aromatic rings. The Hall–Kier alpha value is -1.25. The lowest BCUT2D eigenvalue weighted by molar-refractivity contribution is 0.397. The van der Waals surface area contributed by atoms with Gasteiger partial charge in [0.05, 0.1) is 18.5 Å². The van der Waals surface area contributed by atoms with Crippen LogP contribution in [0, 0.1) is 6.92 Å². The predicted molar refractivity (Wildman–Crippen MR) is 63.5 cm³/mol. The SMILES string of the molecule is CCC(CC)Nc1ccc(OC)nc1C. The number of ether oxygens (including phenoxy) is 1. The highest BCUT2D eigenvalue weighted by Crippen LogP contribution is 2.18. The third-order valence-electron chi connectivity index (χ3n) is 2.61. The van der Waals surface area contributed by atoms with Crippen molar-refractivity contribution in [3.8, 4) is 5.88 Å². The van der Waals surface area contributed by atoms with Crippen molar-refractivity contribution in [2.24, 2.45) is 0 Å². The molecule has 0 aromatic carbocycles. The van der Waals surface area contributed by atoms with Crippen molar-refractivity contribution >= 4 is 5.69 Å². The van der Waals surface area contributed by atoms with E-state index in [1.807, 2.05) is 19.1 Å². The van der Waals surface area contributed by atoms with E-state index < -0.39 is 0 Å². The number of nitrogens with zero attached hydrogens (tertiary/aromatic N) is 1. The average Bonchev–Trinajstić information content (AvgIpc) is 2.27. The fourth-order valence-electron chi connectivity index (χ4n) is 1.52. The topological polar surface area (TPSA) is 34.1 Å². The Labute approximate surface area is 91.9 Å². The predicted octanol–water partition coefficient (Wildman–Crippen LogP) is 3.00. The molecule has 0 saturated heterocycles. The van der Waals surface area contributed by atoms with Crippen LogP contribution in [-0.4, -0.2) is 18.1 Å². The van der Waals surface area contributed by atoms with E-state index in [9.17, 15) is 0 Å². The van der Waals surface area contributed by atoms with Crippen LogP contribution in [0.25, 0.3) is 0 Å². The van der Waals surface area contributed by atoms with Crippen LogP contribution in [0.3, 0.4) is 0 Å². The molecule has 0 saturated carbocycles. The number of rotatable bonds is 5. The highest BCUT2D eigenvalue weighted by atomic mass is 16.5. The normalized spacial score (nSPS) is 10.5. The van der Waals surface area contributed by atoms with Crippen LogP contribution in [-0.2, 0) is 0 Å². The molecule has 1 rings (SSSR count). The van der Waals surface area contributed by atoms with Gasteiger partial charge in [-0.25, -0.2) is 4.98 Å². The lowest BCUT2D eigenvalue weighted by Gasteiger charge is -2.17. The molecule has 0 atom stereocenters. The zero-order valence-electron chi connectivity index (χ0n) is 10.0. The standard InChI is InChI=1S/C12H20N2O/c1-5-10(6-2)14-11-7-8-12(15-4)13-9(11)3/h7-8,10,14H,5-6H2,1-4H3. The van der Waals surface area contributed by atoms with E-state index in [2.05, 4.69) is 24.1 Å². The minimum Gasteiger partial charge on any atom is -0.481 e. The maximum atomic E-state index is 5.07. The van der Waals surface area contributed by atoms with E-state index in [0.29, 0.717) is 11.9 Å². The van der Waals surface area contributed by atoms with Gasteiger partial charge in [0, 0.05) is 12.1 Å². The van der Waals surface area contributed by atoms with Gasteiger partial charge in [-0.3, -0.25) is 0 Å². The van der Waals surface area contributed by atoms with Crippen LogP contribution in [0.2, 0.25) is 0 Å². The van der Waals surface area contributed by atoms with E-state index in [1.165, 1.54) is 0 Å². The van der Waals surface area contributed by atoms with E-state index in [0.717, 1.165) is 24.2 Å². The molecule has 15 heavy (non-hydrogen) atoms. The Morgan fingerprint density at radius 1 is 1.33 bits per heavy atom. The Bertz CT molecular complexity index is 308. The molecule has 3 heteroatoms. The van der Waals surface area contributed by atoms with E-state index in [-0.39, 0.29) is 0 Å². The zero-order chi connectivity index (χ0) is 11.3. The molecule has 0 aliphatic heterocycles. The Morgan fingerprint density at radius 3 is 2.47 bits per heavy atom. The Kier molecular flexibility index (Phi) is 4.40. The molecule has 0 bridgehead atoms. The molecular weight excluding hydrogens is 188 g/mol. The van der Waals surface area contributed by atoms with Crippen molar-refractivity contribution in [2.45, 2.75) is 39.7 Å². The highest BCUT2D eigenvalue weighted by molar-refractivity contribution is 5.49. The second-order valence-electron chi connectivity index (χ2n) is 3.64. The molecule has 0 unspecified atom stereocenters. The minimum atomic E-state index is 0.527. The number of anilines is 1. The van der Waals surface area contributed by atoms with Gasteiger partial charge in [-0.2, -0.15) is 0 Å². The first kappa shape index (κ1) is 11.8. The number of hydrogen-bond donors (Lipinski definition) is 1. The highest BCUT2D eigenvalue weighted by Gasteiger charge is 2.06. The minimum absolute atomic E-state index is 0.527. The molecule has 84 valence electrons. The van der Waals surface area contributed by atoms with Gasteiger partial charge < -0.3 is 10.1 Å². The second-order valence-corrected chi connectivity index (χ2v) is 3.64. The molecule has 1 heterocycles. The van der Waals surface area contributed by atoms with E-state index >= 15 is 0 Å². The molecule has 0 fully saturated rings. The summed E-state index contributed by atoms with van der Waals surface area (Å²) in [4.78, 5) is 4.33. The van der Waals surface area contributed by atoms with Gasteiger partial charge in [-0.05, 0) is 25.8 Å². The summed E-state index contributed by atoms with van der Waals surface area (Å²) in [5.74, 6) is 0.669. The van der Waals surface area contributed by atoms with Crippen molar-refractivity contribution in [3.05, 3.63) is 17.8 Å². The molecule has 0 aliphatic rings. The molecule has 1 aromatic heterocycles. The van der Waals surface area contributed by atoms with Crippen LogP contribution in [0.4, 0.5) is 5.69 Å². The third kappa shape index (κ3) is 3.11. The summed E-state index contributed by atoms with van der Waals surface area (Å²) in [6, 6.07) is 4.44. The summed E-state index contributed by atoms with van der Waals surface area (Å²) in [5, 5.41) is 3.48. The van der Waals surface area contributed by atoms with Crippen molar-refractivity contribution in [1.29, 1.82) is 0 Å².